The largest absolute Gasteiger partial charge is 1.00 e. The van der Waals surface area contributed by atoms with Crippen LogP contribution in [-0.2, 0) is 15.9 Å². The summed E-state index contributed by atoms with van der Waals surface area (Å²) in [5, 5.41) is 0. The summed E-state index contributed by atoms with van der Waals surface area (Å²) in [5.74, 6) is 3.34. The first kappa shape index (κ1) is 64.7. The van der Waals surface area contributed by atoms with Crippen LogP contribution in [0.4, 0.5) is 22.7 Å². The molecule has 441 valence electrons. The van der Waals surface area contributed by atoms with Crippen LogP contribution in [0.3, 0.4) is 0 Å². The summed E-state index contributed by atoms with van der Waals surface area (Å²) in [6.07, 6.45) is 16.9. The summed E-state index contributed by atoms with van der Waals surface area (Å²) in [6, 6.07) is 42.2. The van der Waals surface area contributed by atoms with Gasteiger partial charge in [0.1, 0.15) is 40.4 Å². The molecule has 2 amide bonds. The minimum absolute atomic E-state index is 0. The molecule has 0 aromatic heterocycles. The van der Waals surface area contributed by atoms with E-state index in [2.05, 4.69) is 189 Å². The van der Waals surface area contributed by atoms with Gasteiger partial charge in [0.2, 0.25) is 0 Å². The van der Waals surface area contributed by atoms with Crippen LogP contribution in [0.25, 0.3) is 0 Å². The van der Waals surface area contributed by atoms with Crippen LogP contribution in [0.5, 0.6) is 23.0 Å². The summed E-state index contributed by atoms with van der Waals surface area (Å²) in [5.41, 5.74) is 18.9. The van der Waals surface area contributed by atoms with E-state index in [0.717, 1.165) is 180 Å². The van der Waals surface area contributed by atoms with Crippen molar-refractivity contribution in [3.63, 3.8) is 0 Å². The maximum Gasteiger partial charge on any atom is 1.00 e. The van der Waals surface area contributed by atoms with E-state index in [4.69, 9.17) is 15.2 Å². The SMILES string of the molecule is CCN(CC)c1ccc2c(c1)Oc1cc(N(CC)CC)ccc1C21c2ccccc2C(=O)N1CCCC1=CC=CC1.CCN(CC)c1ccc2c(c1)Oc1cc(N(CC)CC)ccc1C21c2ccccc2C(=O)N1CCN.O=CC1=CC=CC1.[B].[H-].[Na+]. The molecule has 12 rings (SSSR count). The van der Waals surface area contributed by atoms with Gasteiger partial charge in [-0.15, -0.1) is 0 Å². The molecule has 2 spiro atoms. The Hall–Kier alpha value is -7.29. The molecule has 14 heteroatoms. The number of benzene rings is 6. The zero-order chi connectivity index (χ0) is 59.1. The minimum atomic E-state index is -0.792. The second-order valence-corrected chi connectivity index (χ2v) is 21.9. The molecule has 0 unspecified atom stereocenters. The zero-order valence-electron chi connectivity index (χ0n) is 53.1. The average molecular weight is 1160 g/mol. The minimum Gasteiger partial charge on any atom is -1.00 e. The number of anilines is 4. The number of nitrogens with zero attached hydrogens (tertiary/aromatic N) is 6. The van der Waals surface area contributed by atoms with Crippen molar-refractivity contribution < 1.29 is 54.8 Å². The number of fused-ring (bicyclic) bond motifs is 12. The van der Waals surface area contributed by atoms with E-state index in [0.29, 0.717) is 19.6 Å². The molecule has 12 nitrogen and oxygen atoms in total. The van der Waals surface area contributed by atoms with E-state index >= 15 is 0 Å². The Kier molecular flexibility index (Phi) is 21.4. The van der Waals surface area contributed by atoms with E-state index in [9.17, 15) is 14.4 Å². The van der Waals surface area contributed by atoms with E-state index in [1.807, 2.05) is 53.5 Å². The van der Waals surface area contributed by atoms with Gasteiger partial charge in [0.25, 0.3) is 11.8 Å². The molecule has 0 saturated heterocycles. The number of ether oxygens (including phenoxy) is 2. The fraction of sp³-hybridized carbons (Fsp3) is 0.347. The topological polar surface area (TPSA) is 115 Å². The average Bonchev–Trinajstić information content (AvgIpc) is 1.63. The number of hydrogen-bond acceptors (Lipinski definition) is 10. The van der Waals surface area contributed by atoms with Gasteiger partial charge in [-0.25, -0.2) is 0 Å². The predicted molar refractivity (Wildman–Crippen MR) is 350 cm³/mol. The monoisotopic (exact) mass is 1160 g/mol. The summed E-state index contributed by atoms with van der Waals surface area (Å²) >= 11 is 0. The summed E-state index contributed by atoms with van der Waals surface area (Å²) in [6.45, 7) is 26.1. The van der Waals surface area contributed by atoms with Crippen molar-refractivity contribution >= 4 is 49.3 Å². The summed E-state index contributed by atoms with van der Waals surface area (Å²) in [7, 11) is 0. The fourth-order valence-corrected chi connectivity index (χ4v) is 13.6. The molecule has 0 fully saturated rings. The number of carbonyl (C=O) groups excluding carboxylic acids is 3. The Bertz CT molecular complexity index is 3430. The Morgan fingerprint density at radius 1 is 0.500 bits per heavy atom. The molecule has 0 bridgehead atoms. The third-order valence-electron chi connectivity index (χ3n) is 17.8. The number of allylic oxidation sites excluding steroid dienone is 8. The molecule has 0 atom stereocenters. The second kappa shape index (κ2) is 28.5. The van der Waals surface area contributed by atoms with Gasteiger partial charge in [0.05, 0.1) is 0 Å². The normalized spacial score (nSPS) is 15.1. The number of aldehydes is 1. The molecule has 4 heterocycles. The first-order chi connectivity index (χ1) is 41.0. The van der Waals surface area contributed by atoms with Gasteiger partial charge in [-0.1, -0.05) is 103 Å². The Morgan fingerprint density at radius 3 is 1.17 bits per heavy atom. The second-order valence-electron chi connectivity index (χ2n) is 21.9. The van der Waals surface area contributed by atoms with Crippen molar-refractivity contribution in [1.29, 1.82) is 0 Å². The van der Waals surface area contributed by atoms with E-state index in [-0.39, 0.29) is 51.2 Å². The van der Waals surface area contributed by atoms with Gasteiger partial charge >= 0.3 is 29.6 Å². The van der Waals surface area contributed by atoms with Crippen molar-refractivity contribution in [3.05, 3.63) is 213 Å². The zero-order valence-corrected chi connectivity index (χ0v) is 54.1. The van der Waals surface area contributed by atoms with Crippen LogP contribution in [-0.4, -0.2) is 108 Å². The van der Waals surface area contributed by atoms with Gasteiger partial charge < -0.3 is 46.0 Å². The number of carbonyl (C=O) groups is 3. The summed E-state index contributed by atoms with van der Waals surface area (Å²) < 4.78 is 13.5. The molecule has 4 aliphatic heterocycles. The van der Waals surface area contributed by atoms with Crippen molar-refractivity contribution in [2.75, 3.05) is 91.6 Å². The van der Waals surface area contributed by atoms with Crippen molar-refractivity contribution in [2.45, 2.75) is 92.2 Å². The van der Waals surface area contributed by atoms with Crippen LogP contribution in [0.1, 0.15) is 137 Å². The molecule has 86 heavy (non-hydrogen) atoms. The Balaban J connectivity index is 0.000000218. The maximum absolute atomic E-state index is 14.3. The molecule has 2 aliphatic carbocycles. The summed E-state index contributed by atoms with van der Waals surface area (Å²) in [4.78, 5) is 51.4. The van der Waals surface area contributed by atoms with Gasteiger partial charge in [0.15, 0.2) is 0 Å². The van der Waals surface area contributed by atoms with Crippen LogP contribution in [0, 0.1) is 0 Å². The number of amides is 2. The molecule has 2 N–H and O–H groups in total. The Morgan fingerprint density at radius 2 is 0.860 bits per heavy atom. The number of nitrogens with two attached hydrogens (primary N) is 1. The third-order valence-corrected chi connectivity index (χ3v) is 17.8. The Labute approximate surface area is 536 Å². The first-order valence-corrected chi connectivity index (χ1v) is 30.7. The van der Waals surface area contributed by atoms with Crippen LogP contribution >= 0.6 is 0 Å². The quantitative estimate of drug-likeness (QED) is 0.0621. The molecule has 0 saturated carbocycles. The smallest absolute Gasteiger partial charge is 1.00 e. The van der Waals surface area contributed by atoms with Gasteiger partial charge in [0, 0.05) is 161 Å². The van der Waals surface area contributed by atoms with E-state index in [1.54, 1.807) is 0 Å². The van der Waals surface area contributed by atoms with Crippen molar-refractivity contribution in [2.24, 2.45) is 5.73 Å². The fourth-order valence-electron chi connectivity index (χ4n) is 13.6. The van der Waals surface area contributed by atoms with Crippen LogP contribution in [0.2, 0.25) is 0 Å². The van der Waals surface area contributed by atoms with Crippen molar-refractivity contribution in [1.82, 2.24) is 9.80 Å². The number of rotatable bonds is 19. The maximum atomic E-state index is 14.3. The predicted octanol–water partition coefficient (Wildman–Crippen LogP) is 10.9. The standard InChI is InChI=1S/C36H41N3O2.C30H36N4O2.C6H6O.B.Na.H/c1-5-37(6-2)27-19-21-31-33(24-27)41-34-25-28(38(7-3)8-4)20-22-32(34)36(31)30-18-12-11-17-29(30)35(40)39(36)23-13-16-26-14-9-10-15-26;1-5-32(6-2)21-13-15-25-27(19-21)36-28-20-22(33(7-3)8-4)14-16-26(28)30(25)24-12-10-9-11-23(24)29(35)34(30)18-17-31;7-5-6-3-1-2-4-6;;;/h9-12,14,17-22,24-25H,5-8,13,15-16,23H2,1-4H3;9-16,19-20H,5-8,17-18,31H2,1-4H3;1-3,5H,4H2;;;/q;;;;+1;-1. The van der Waals surface area contributed by atoms with Gasteiger partial charge in [-0.3, -0.25) is 14.4 Å². The molecule has 6 aromatic carbocycles. The van der Waals surface area contributed by atoms with Gasteiger partial charge in [-0.05, 0) is 134 Å². The molecule has 3 radical (unpaired) electrons. The van der Waals surface area contributed by atoms with E-state index < -0.39 is 11.1 Å². The van der Waals surface area contributed by atoms with Gasteiger partial charge in [-0.2, -0.15) is 0 Å². The molecule has 6 aromatic rings. The molecule has 6 aliphatic rings. The first-order valence-electron chi connectivity index (χ1n) is 30.7. The van der Waals surface area contributed by atoms with Crippen molar-refractivity contribution in [3.8, 4) is 23.0 Å². The van der Waals surface area contributed by atoms with E-state index in [1.165, 1.54) is 5.57 Å². The third kappa shape index (κ3) is 11.5. The molecular formula is C72H84BN7NaO5. The van der Waals surface area contributed by atoms with Crippen LogP contribution in [0.15, 0.2) is 169 Å². The number of hydrogen-bond donors (Lipinski definition) is 1. The molecular weight excluding hydrogens is 1080 g/mol. The van der Waals surface area contributed by atoms with Crippen LogP contribution < -0.4 is 64.4 Å².